The van der Waals surface area contributed by atoms with Gasteiger partial charge in [0.15, 0.2) is 5.78 Å². The molecule has 0 aliphatic heterocycles. The van der Waals surface area contributed by atoms with Gasteiger partial charge in [0.1, 0.15) is 0 Å². The second-order valence-corrected chi connectivity index (χ2v) is 9.63. The maximum Gasteiger partial charge on any atom is 0.165 e. The lowest BCUT2D eigenvalue weighted by atomic mass is 9.40. The van der Waals surface area contributed by atoms with Gasteiger partial charge in [-0.25, -0.2) is 0 Å². The summed E-state index contributed by atoms with van der Waals surface area (Å²) in [6.07, 6.45) is 7.24. The molecule has 0 amide bonds. The average Bonchev–Trinajstić information content (AvgIpc) is 2.59. The van der Waals surface area contributed by atoms with E-state index < -0.39 is 0 Å². The lowest BCUT2D eigenvalue weighted by Gasteiger charge is -2.64. The number of fused-ring (bicyclic) bond motifs is 3. The lowest BCUT2D eigenvalue weighted by molar-refractivity contribution is -0.187. The molecule has 0 unspecified atom stereocenters. The van der Waals surface area contributed by atoms with Crippen LogP contribution in [0, 0.1) is 34.0 Å². The Morgan fingerprint density at radius 1 is 1.18 bits per heavy atom. The van der Waals surface area contributed by atoms with E-state index in [2.05, 4.69) is 27.4 Å². The molecule has 4 saturated carbocycles. The number of allylic oxidation sites excluding steroid dienone is 1. The highest BCUT2D eigenvalue weighted by Gasteiger charge is 2.68. The summed E-state index contributed by atoms with van der Waals surface area (Å²) in [6, 6.07) is 0. The molecule has 22 heavy (non-hydrogen) atoms. The van der Waals surface area contributed by atoms with E-state index in [0.29, 0.717) is 17.1 Å². The van der Waals surface area contributed by atoms with Crippen LogP contribution >= 0.6 is 0 Å². The average molecular weight is 302 g/mol. The van der Waals surface area contributed by atoms with Crippen LogP contribution in [0.3, 0.4) is 0 Å². The second-order valence-electron chi connectivity index (χ2n) is 9.63. The van der Waals surface area contributed by atoms with Crippen molar-refractivity contribution in [2.24, 2.45) is 34.0 Å². The SMILES string of the molecule is C=C1C(=O)[C@]23CC[C@H]4C(C)(C)CCC[C@]4(C)[C@H]2[C@H](O)C[C@H]1C3. The number of ketones is 1. The molecular formula is C20H30O2. The zero-order chi connectivity index (χ0) is 15.9. The molecule has 0 aromatic rings. The number of rotatable bonds is 0. The standard InChI is InChI=1S/C20H30O2/c1-12-13-10-14(21)16-19(4)8-5-7-18(2,3)15(19)6-9-20(16,11-13)17(12)22/h13-16,21H,1,5-11H2,2-4H3/t13-,14+,15-,16+,19-,20-/m0/s1. The van der Waals surface area contributed by atoms with Crippen LogP contribution in [0.25, 0.3) is 0 Å². The summed E-state index contributed by atoms with van der Waals surface area (Å²) in [5.74, 6) is 1.34. The topological polar surface area (TPSA) is 37.3 Å². The summed E-state index contributed by atoms with van der Waals surface area (Å²) in [7, 11) is 0. The molecule has 6 atom stereocenters. The van der Waals surface area contributed by atoms with E-state index in [4.69, 9.17) is 0 Å². The predicted octanol–water partition coefficient (Wildman–Crippen LogP) is 4.13. The summed E-state index contributed by atoms with van der Waals surface area (Å²) in [5.41, 5.74) is 0.991. The molecule has 0 aromatic heterocycles. The monoisotopic (exact) mass is 302 g/mol. The first-order valence-corrected chi connectivity index (χ1v) is 9.14. The molecule has 4 aliphatic carbocycles. The molecule has 2 bridgehead atoms. The molecule has 2 heteroatoms. The number of carbonyl (C=O) groups is 1. The third-order valence-corrected chi connectivity index (χ3v) is 8.22. The van der Waals surface area contributed by atoms with E-state index in [1.807, 2.05) is 0 Å². The summed E-state index contributed by atoms with van der Waals surface area (Å²) >= 11 is 0. The Labute approximate surface area is 134 Å². The molecule has 2 nitrogen and oxygen atoms in total. The summed E-state index contributed by atoms with van der Waals surface area (Å²) in [4.78, 5) is 13.1. The van der Waals surface area contributed by atoms with E-state index >= 15 is 0 Å². The van der Waals surface area contributed by atoms with Crippen molar-refractivity contribution >= 4 is 5.78 Å². The van der Waals surface area contributed by atoms with E-state index in [0.717, 1.165) is 31.3 Å². The molecule has 0 saturated heterocycles. The van der Waals surface area contributed by atoms with Crippen LogP contribution in [0.5, 0.6) is 0 Å². The largest absolute Gasteiger partial charge is 0.393 e. The molecule has 4 aliphatic rings. The smallest absolute Gasteiger partial charge is 0.165 e. The number of aliphatic hydroxyl groups excluding tert-OH is 1. The molecule has 1 spiro atoms. The first-order valence-electron chi connectivity index (χ1n) is 9.14. The number of hydrogen-bond acceptors (Lipinski definition) is 2. The van der Waals surface area contributed by atoms with Crippen molar-refractivity contribution in [3.05, 3.63) is 12.2 Å². The van der Waals surface area contributed by atoms with Gasteiger partial charge in [0, 0.05) is 11.3 Å². The van der Waals surface area contributed by atoms with Crippen molar-refractivity contribution in [3.8, 4) is 0 Å². The van der Waals surface area contributed by atoms with Gasteiger partial charge in [-0.3, -0.25) is 4.79 Å². The van der Waals surface area contributed by atoms with E-state index in [1.54, 1.807) is 0 Å². The minimum Gasteiger partial charge on any atom is -0.393 e. The van der Waals surface area contributed by atoms with Gasteiger partial charge < -0.3 is 5.11 Å². The van der Waals surface area contributed by atoms with Gasteiger partial charge in [0.05, 0.1) is 6.10 Å². The Hall–Kier alpha value is -0.630. The first-order chi connectivity index (χ1) is 10.2. The minimum atomic E-state index is -0.316. The Kier molecular flexibility index (Phi) is 2.89. The van der Waals surface area contributed by atoms with Gasteiger partial charge in [0.25, 0.3) is 0 Å². The van der Waals surface area contributed by atoms with Crippen molar-refractivity contribution in [2.75, 3.05) is 0 Å². The van der Waals surface area contributed by atoms with Crippen molar-refractivity contribution in [3.63, 3.8) is 0 Å². The Bertz CT molecular complexity index is 548. The highest BCUT2D eigenvalue weighted by atomic mass is 16.3. The van der Waals surface area contributed by atoms with Crippen molar-refractivity contribution < 1.29 is 9.90 Å². The molecule has 4 fully saturated rings. The van der Waals surface area contributed by atoms with Crippen molar-refractivity contribution in [2.45, 2.75) is 71.8 Å². The fraction of sp³-hybridized carbons (Fsp3) is 0.850. The molecule has 0 heterocycles. The molecule has 0 radical (unpaired) electrons. The van der Waals surface area contributed by atoms with E-state index in [-0.39, 0.29) is 28.8 Å². The van der Waals surface area contributed by atoms with Crippen LogP contribution < -0.4 is 0 Å². The molecule has 0 aromatic carbocycles. The van der Waals surface area contributed by atoms with Gasteiger partial charge in [0.2, 0.25) is 0 Å². The predicted molar refractivity (Wildman–Crippen MR) is 87.3 cm³/mol. The maximum absolute atomic E-state index is 13.1. The maximum atomic E-state index is 13.1. The number of Topliss-reactive ketones (excluding diaryl/α,β-unsaturated/α-hetero) is 1. The van der Waals surface area contributed by atoms with Crippen LogP contribution in [0.15, 0.2) is 12.2 Å². The normalized spacial score (nSPS) is 53.1. The van der Waals surface area contributed by atoms with Crippen LogP contribution in [-0.2, 0) is 4.79 Å². The van der Waals surface area contributed by atoms with E-state index in [9.17, 15) is 9.90 Å². The molecule has 1 N–H and O–H groups in total. The fourth-order valence-corrected chi connectivity index (χ4v) is 7.55. The van der Waals surface area contributed by atoms with Crippen LogP contribution in [-0.4, -0.2) is 17.0 Å². The van der Waals surface area contributed by atoms with Gasteiger partial charge in [-0.1, -0.05) is 33.8 Å². The van der Waals surface area contributed by atoms with Crippen LogP contribution in [0.4, 0.5) is 0 Å². The highest BCUT2D eigenvalue weighted by Crippen LogP contribution is 2.70. The number of carbonyl (C=O) groups excluding carboxylic acids is 1. The summed E-state index contributed by atoms with van der Waals surface area (Å²) in [5, 5.41) is 11.0. The third kappa shape index (κ3) is 1.58. The Balaban J connectivity index is 1.83. The van der Waals surface area contributed by atoms with Gasteiger partial charge in [-0.2, -0.15) is 0 Å². The summed E-state index contributed by atoms with van der Waals surface area (Å²) in [6.45, 7) is 11.3. The Morgan fingerprint density at radius 2 is 1.91 bits per heavy atom. The molecular weight excluding hydrogens is 272 g/mol. The molecule has 122 valence electrons. The van der Waals surface area contributed by atoms with Gasteiger partial charge in [-0.05, 0) is 66.8 Å². The second kappa shape index (κ2) is 4.26. The first kappa shape index (κ1) is 14.9. The summed E-state index contributed by atoms with van der Waals surface area (Å²) < 4.78 is 0. The van der Waals surface area contributed by atoms with Gasteiger partial charge >= 0.3 is 0 Å². The Morgan fingerprint density at radius 3 is 2.64 bits per heavy atom. The zero-order valence-electron chi connectivity index (χ0n) is 14.3. The van der Waals surface area contributed by atoms with Crippen molar-refractivity contribution in [1.82, 2.24) is 0 Å². The number of hydrogen-bond donors (Lipinski definition) is 1. The molecule has 4 rings (SSSR count). The zero-order valence-corrected chi connectivity index (χ0v) is 14.3. The van der Waals surface area contributed by atoms with Crippen molar-refractivity contribution in [1.29, 1.82) is 0 Å². The lowest BCUT2D eigenvalue weighted by Crippen LogP contribution is -2.61. The van der Waals surface area contributed by atoms with Crippen LogP contribution in [0.1, 0.15) is 65.7 Å². The fourth-order valence-electron chi connectivity index (χ4n) is 7.55. The van der Waals surface area contributed by atoms with Gasteiger partial charge in [-0.15, -0.1) is 0 Å². The quantitative estimate of drug-likeness (QED) is 0.683. The van der Waals surface area contributed by atoms with E-state index in [1.165, 1.54) is 19.3 Å². The number of aliphatic hydroxyl groups is 1. The highest BCUT2D eigenvalue weighted by molar-refractivity contribution is 6.03. The minimum absolute atomic E-state index is 0.116. The van der Waals surface area contributed by atoms with Crippen LogP contribution in [0.2, 0.25) is 0 Å². The third-order valence-electron chi connectivity index (χ3n) is 8.22.